The van der Waals surface area contributed by atoms with Crippen molar-refractivity contribution in [1.29, 1.82) is 0 Å². The highest BCUT2D eigenvalue weighted by atomic mass is 16.6. The summed E-state index contributed by atoms with van der Waals surface area (Å²) in [5, 5.41) is 3.92. The number of rotatable bonds is 8. The Morgan fingerprint density at radius 1 is 1.00 bits per heavy atom. The lowest BCUT2D eigenvalue weighted by atomic mass is 10.2. The Hall–Kier alpha value is -3.35. The number of hydrogen-bond donors (Lipinski definition) is 1. The Bertz CT molecular complexity index is 755. The molecule has 2 aromatic rings. The van der Waals surface area contributed by atoms with E-state index >= 15 is 0 Å². The number of carbonyl (C=O) groups is 2. The van der Waals surface area contributed by atoms with Crippen LogP contribution < -0.4 is 14.9 Å². The second kappa shape index (κ2) is 9.83. The van der Waals surface area contributed by atoms with Gasteiger partial charge in [0.15, 0.2) is 6.61 Å². The monoisotopic (exact) mass is 356 g/mol. The largest absolute Gasteiger partial charge is 0.494 e. The average molecular weight is 356 g/mol. The molecular formula is C19H20N2O5. The number of carbonyl (C=O) groups excluding carboxylic acids is 2. The minimum absolute atomic E-state index is 0.151. The molecule has 7 heteroatoms. The van der Waals surface area contributed by atoms with E-state index in [4.69, 9.17) is 9.47 Å². The molecule has 2 aromatic carbocycles. The summed E-state index contributed by atoms with van der Waals surface area (Å²) >= 11 is 0. The van der Waals surface area contributed by atoms with Gasteiger partial charge in [-0.15, -0.1) is 0 Å². The number of nitrogens with zero attached hydrogens (tertiary/aromatic N) is 1. The van der Waals surface area contributed by atoms with Crippen LogP contribution in [0.25, 0.3) is 0 Å². The van der Waals surface area contributed by atoms with E-state index in [1.165, 1.54) is 13.3 Å². The van der Waals surface area contributed by atoms with Gasteiger partial charge in [0.25, 0.3) is 5.91 Å². The molecule has 0 bridgehead atoms. The number of esters is 1. The Morgan fingerprint density at radius 2 is 1.62 bits per heavy atom. The molecule has 0 aliphatic rings. The normalized spacial score (nSPS) is 10.4. The summed E-state index contributed by atoms with van der Waals surface area (Å²) in [6.07, 6.45) is 1.51. The first-order valence-electron chi connectivity index (χ1n) is 7.98. The first-order chi connectivity index (χ1) is 12.6. The molecule has 0 saturated heterocycles. The standard InChI is InChI=1S/C19H20N2O5/c1-3-25-16-10-6-15(7-11-16)19(23)21-20-12-14-4-8-17(9-5-14)26-13-18(22)24-2/h4-12H,3,13H2,1-2H3,(H,21,23)/b20-12-. The molecule has 2 rings (SSSR count). The molecule has 0 aromatic heterocycles. The van der Waals surface area contributed by atoms with Gasteiger partial charge in [0, 0.05) is 5.56 Å². The number of nitrogens with one attached hydrogen (secondary N) is 1. The predicted molar refractivity (Wildman–Crippen MR) is 96.6 cm³/mol. The second-order valence-electron chi connectivity index (χ2n) is 5.09. The molecule has 1 N–H and O–H groups in total. The lowest BCUT2D eigenvalue weighted by Gasteiger charge is -2.05. The molecule has 0 aliphatic heterocycles. The fourth-order valence-corrected chi connectivity index (χ4v) is 1.95. The molecule has 26 heavy (non-hydrogen) atoms. The maximum absolute atomic E-state index is 12.0. The van der Waals surface area contributed by atoms with E-state index in [9.17, 15) is 9.59 Å². The van der Waals surface area contributed by atoms with Crippen molar-refractivity contribution in [3.8, 4) is 11.5 Å². The molecule has 0 heterocycles. The van der Waals surface area contributed by atoms with Crippen LogP contribution in [0.15, 0.2) is 53.6 Å². The van der Waals surface area contributed by atoms with Crippen LogP contribution >= 0.6 is 0 Å². The molecule has 0 spiro atoms. The van der Waals surface area contributed by atoms with Crippen LogP contribution in [0.3, 0.4) is 0 Å². The van der Waals surface area contributed by atoms with Crippen LogP contribution in [-0.4, -0.2) is 38.4 Å². The van der Waals surface area contributed by atoms with Crippen molar-refractivity contribution < 1.29 is 23.8 Å². The molecule has 136 valence electrons. The molecule has 0 unspecified atom stereocenters. The number of methoxy groups -OCH3 is 1. The zero-order valence-electron chi connectivity index (χ0n) is 14.6. The van der Waals surface area contributed by atoms with Gasteiger partial charge in [-0.1, -0.05) is 0 Å². The molecule has 0 radical (unpaired) electrons. The van der Waals surface area contributed by atoms with Crippen LogP contribution in [0, 0.1) is 0 Å². The van der Waals surface area contributed by atoms with Gasteiger partial charge in [-0.25, -0.2) is 10.2 Å². The van der Waals surface area contributed by atoms with Crippen LogP contribution in [0.1, 0.15) is 22.8 Å². The molecule has 0 saturated carbocycles. The van der Waals surface area contributed by atoms with Crippen molar-refractivity contribution in [2.75, 3.05) is 20.3 Å². The van der Waals surface area contributed by atoms with Crippen molar-refractivity contribution in [2.24, 2.45) is 5.10 Å². The van der Waals surface area contributed by atoms with E-state index < -0.39 is 5.97 Å². The lowest BCUT2D eigenvalue weighted by Crippen LogP contribution is -2.17. The van der Waals surface area contributed by atoms with Crippen molar-refractivity contribution in [3.05, 3.63) is 59.7 Å². The van der Waals surface area contributed by atoms with Gasteiger partial charge in [0.2, 0.25) is 0 Å². The Labute approximate surface area is 151 Å². The van der Waals surface area contributed by atoms with E-state index in [0.29, 0.717) is 23.7 Å². The van der Waals surface area contributed by atoms with E-state index in [0.717, 1.165) is 5.56 Å². The smallest absolute Gasteiger partial charge is 0.343 e. The third-order valence-corrected chi connectivity index (χ3v) is 3.27. The Balaban J connectivity index is 1.85. The number of benzene rings is 2. The minimum atomic E-state index is -0.451. The van der Waals surface area contributed by atoms with Gasteiger partial charge < -0.3 is 14.2 Å². The topological polar surface area (TPSA) is 86.2 Å². The fraction of sp³-hybridized carbons (Fsp3) is 0.211. The first kappa shape index (κ1) is 19.0. The summed E-state index contributed by atoms with van der Waals surface area (Å²) in [5.41, 5.74) is 3.71. The number of hydrogen-bond acceptors (Lipinski definition) is 6. The van der Waals surface area contributed by atoms with Gasteiger partial charge in [-0.05, 0) is 61.0 Å². The molecule has 7 nitrogen and oxygen atoms in total. The van der Waals surface area contributed by atoms with Crippen molar-refractivity contribution >= 4 is 18.1 Å². The number of hydrazone groups is 1. The summed E-state index contributed by atoms with van der Waals surface area (Å²) in [6, 6.07) is 13.7. The second-order valence-corrected chi connectivity index (χ2v) is 5.09. The molecule has 0 fully saturated rings. The highest BCUT2D eigenvalue weighted by Crippen LogP contribution is 2.12. The molecule has 1 amide bonds. The first-order valence-corrected chi connectivity index (χ1v) is 7.98. The van der Waals surface area contributed by atoms with Crippen LogP contribution in [0.4, 0.5) is 0 Å². The highest BCUT2D eigenvalue weighted by Gasteiger charge is 2.04. The Kier molecular flexibility index (Phi) is 7.17. The van der Waals surface area contributed by atoms with Crippen LogP contribution in [0.5, 0.6) is 11.5 Å². The van der Waals surface area contributed by atoms with Crippen molar-refractivity contribution in [1.82, 2.24) is 5.43 Å². The lowest BCUT2D eigenvalue weighted by molar-refractivity contribution is -0.142. The van der Waals surface area contributed by atoms with E-state index in [2.05, 4.69) is 15.3 Å². The van der Waals surface area contributed by atoms with Gasteiger partial charge >= 0.3 is 5.97 Å². The van der Waals surface area contributed by atoms with E-state index in [1.807, 2.05) is 6.92 Å². The predicted octanol–water partition coefficient (Wildman–Crippen LogP) is 2.40. The van der Waals surface area contributed by atoms with Crippen LogP contribution in [-0.2, 0) is 9.53 Å². The van der Waals surface area contributed by atoms with Crippen molar-refractivity contribution in [2.45, 2.75) is 6.92 Å². The maximum Gasteiger partial charge on any atom is 0.343 e. The fourth-order valence-electron chi connectivity index (χ4n) is 1.95. The number of amides is 1. The number of ether oxygens (including phenoxy) is 3. The summed E-state index contributed by atoms with van der Waals surface area (Å²) in [6.45, 7) is 2.32. The highest BCUT2D eigenvalue weighted by molar-refractivity contribution is 5.95. The van der Waals surface area contributed by atoms with Gasteiger partial charge in [-0.2, -0.15) is 5.10 Å². The summed E-state index contributed by atoms with van der Waals surface area (Å²) in [7, 11) is 1.30. The third-order valence-electron chi connectivity index (χ3n) is 3.27. The molecular weight excluding hydrogens is 336 g/mol. The summed E-state index contributed by atoms with van der Waals surface area (Å²) < 4.78 is 15.1. The maximum atomic E-state index is 12.0. The zero-order valence-corrected chi connectivity index (χ0v) is 14.6. The van der Waals surface area contributed by atoms with Gasteiger partial charge in [0.1, 0.15) is 11.5 Å². The third kappa shape index (κ3) is 5.94. The quantitative estimate of drug-likeness (QED) is 0.446. The van der Waals surface area contributed by atoms with Crippen molar-refractivity contribution in [3.63, 3.8) is 0 Å². The van der Waals surface area contributed by atoms with Gasteiger partial charge in [-0.3, -0.25) is 4.79 Å². The summed E-state index contributed by atoms with van der Waals surface area (Å²) in [4.78, 5) is 23.0. The average Bonchev–Trinajstić information content (AvgIpc) is 2.67. The van der Waals surface area contributed by atoms with E-state index in [1.54, 1.807) is 48.5 Å². The zero-order chi connectivity index (χ0) is 18.8. The summed E-state index contributed by atoms with van der Waals surface area (Å²) in [5.74, 6) is 0.475. The van der Waals surface area contributed by atoms with E-state index in [-0.39, 0.29) is 12.5 Å². The Morgan fingerprint density at radius 3 is 2.23 bits per heavy atom. The SMILES string of the molecule is CCOc1ccc(C(=O)N/N=C\c2ccc(OCC(=O)OC)cc2)cc1. The molecule has 0 atom stereocenters. The molecule has 0 aliphatic carbocycles. The van der Waals surface area contributed by atoms with Crippen LogP contribution in [0.2, 0.25) is 0 Å². The minimum Gasteiger partial charge on any atom is -0.494 e. The van der Waals surface area contributed by atoms with Gasteiger partial charge in [0.05, 0.1) is 19.9 Å².